The van der Waals surface area contributed by atoms with Crippen molar-refractivity contribution in [2.45, 2.75) is 18.2 Å². The van der Waals surface area contributed by atoms with E-state index in [1.807, 2.05) is 12.1 Å². The predicted molar refractivity (Wildman–Crippen MR) is 102 cm³/mol. The summed E-state index contributed by atoms with van der Waals surface area (Å²) in [5, 5.41) is 0.760. The molecule has 0 N–H and O–H groups in total. The number of rotatable bonds is 3. The summed E-state index contributed by atoms with van der Waals surface area (Å²) >= 11 is 6.06. The molecule has 5 rings (SSSR count). The number of aliphatic imine (C=N–C) groups is 1. The number of benzene rings is 3. The number of hydrogen-bond acceptors (Lipinski definition) is 2. The molecule has 1 fully saturated rings. The van der Waals surface area contributed by atoms with E-state index in [-0.39, 0.29) is 6.17 Å². The largest absolute Gasteiger partial charge is 0.263 e. The zero-order valence-corrected chi connectivity index (χ0v) is 14.3. The first-order valence-corrected chi connectivity index (χ1v) is 8.92. The van der Waals surface area contributed by atoms with E-state index in [0.717, 1.165) is 5.02 Å². The molecule has 1 saturated heterocycles. The third-order valence-corrected chi connectivity index (χ3v) is 5.31. The van der Waals surface area contributed by atoms with Gasteiger partial charge in [0, 0.05) is 5.02 Å². The molecule has 25 heavy (non-hydrogen) atoms. The van der Waals surface area contributed by atoms with Crippen LogP contribution in [-0.4, -0.2) is 16.7 Å². The van der Waals surface area contributed by atoms with Crippen LogP contribution in [0.2, 0.25) is 5.02 Å². The summed E-state index contributed by atoms with van der Waals surface area (Å²) in [4.78, 5) is 7.55. The van der Waals surface area contributed by atoms with Gasteiger partial charge in [-0.05, 0) is 28.8 Å². The SMILES string of the molecule is Clc1ccc([C@@H]2N=C(c3ccccc3)[C@H]3[C@H](c4ccccc4)N23)cc1. The lowest BCUT2D eigenvalue weighted by atomic mass is 10.0. The van der Waals surface area contributed by atoms with Gasteiger partial charge in [-0.1, -0.05) is 84.4 Å². The lowest BCUT2D eigenvalue weighted by molar-refractivity contribution is 0.404. The Morgan fingerprint density at radius 2 is 1.32 bits per heavy atom. The van der Waals surface area contributed by atoms with Gasteiger partial charge in [-0.3, -0.25) is 9.89 Å². The highest BCUT2D eigenvalue weighted by Gasteiger charge is 2.59. The first-order valence-electron chi connectivity index (χ1n) is 8.54. The standard InChI is InChI=1S/C22H17ClN2/c23-18-13-11-17(12-14-18)22-24-19(15-7-3-1-4-8-15)21-20(25(21)22)16-9-5-2-6-10-16/h1-14,20-22H/t20-,21-,22+,25?/m0/s1. The Morgan fingerprint density at radius 1 is 0.680 bits per heavy atom. The summed E-state index contributed by atoms with van der Waals surface area (Å²) in [7, 11) is 0. The van der Waals surface area contributed by atoms with Crippen molar-refractivity contribution in [3.63, 3.8) is 0 Å². The van der Waals surface area contributed by atoms with Gasteiger partial charge in [-0.15, -0.1) is 0 Å². The van der Waals surface area contributed by atoms with E-state index >= 15 is 0 Å². The van der Waals surface area contributed by atoms with E-state index in [1.165, 1.54) is 22.4 Å². The summed E-state index contributed by atoms with van der Waals surface area (Å²) in [6, 6.07) is 30.1. The first kappa shape index (κ1) is 14.9. The molecule has 2 aliphatic heterocycles. The van der Waals surface area contributed by atoms with Gasteiger partial charge in [0.2, 0.25) is 0 Å². The lowest BCUT2D eigenvalue weighted by Gasteiger charge is -2.14. The fourth-order valence-corrected chi connectivity index (χ4v) is 3.98. The van der Waals surface area contributed by atoms with Crippen LogP contribution in [0.3, 0.4) is 0 Å². The van der Waals surface area contributed by atoms with Gasteiger partial charge in [0.05, 0.1) is 17.8 Å². The topological polar surface area (TPSA) is 15.4 Å². The van der Waals surface area contributed by atoms with Crippen molar-refractivity contribution in [3.05, 3.63) is 107 Å². The van der Waals surface area contributed by atoms with Crippen LogP contribution in [0.25, 0.3) is 0 Å². The van der Waals surface area contributed by atoms with Crippen LogP contribution in [0.5, 0.6) is 0 Å². The summed E-state index contributed by atoms with van der Waals surface area (Å²) in [5.74, 6) is 0. The Balaban J connectivity index is 1.57. The molecule has 2 aliphatic rings. The molecule has 4 atom stereocenters. The monoisotopic (exact) mass is 344 g/mol. The quantitative estimate of drug-likeness (QED) is 0.591. The highest BCUT2D eigenvalue weighted by molar-refractivity contribution is 6.30. The third-order valence-electron chi connectivity index (χ3n) is 5.05. The van der Waals surface area contributed by atoms with Crippen LogP contribution in [-0.2, 0) is 0 Å². The molecule has 2 heterocycles. The van der Waals surface area contributed by atoms with E-state index in [0.29, 0.717) is 12.1 Å². The smallest absolute Gasteiger partial charge is 0.129 e. The summed E-state index contributed by atoms with van der Waals surface area (Å²) in [6.45, 7) is 0. The van der Waals surface area contributed by atoms with Crippen LogP contribution < -0.4 is 0 Å². The number of fused-ring (bicyclic) bond motifs is 1. The molecule has 1 unspecified atom stereocenters. The van der Waals surface area contributed by atoms with Crippen molar-refractivity contribution in [1.82, 2.24) is 4.90 Å². The van der Waals surface area contributed by atoms with E-state index < -0.39 is 0 Å². The number of nitrogens with zero attached hydrogens (tertiary/aromatic N) is 2. The van der Waals surface area contributed by atoms with E-state index in [4.69, 9.17) is 16.6 Å². The minimum Gasteiger partial charge on any atom is -0.263 e. The van der Waals surface area contributed by atoms with E-state index in [2.05, 4.69) is 77.7 Å². The molecule has 0 spiro atoms. The molecule has 0 aromatic heterocycles. The number of hydrogen-bond donors (Lipinski definition) is 0. The fraction of sp³-hybridized carbons (Fsp3) is 0.136. The van der Waals surface area contributed by atoms with Gasteiger partial charge in [-0.25, -0.2) is 0 Å². The van der Waals surface area contributed by atoms with Crippen molar-refractivity contribution in [1.29, 1.82) is 0 Å². The second kappa shape index (κ2) is 5.83. The predicted octanol–water partition coefficient (Wildman–Crippen LogP) is 5.27. The van der Waals surface area contributed by atoms with Crippen LogP contribution in [0.15, 0.2) is 89.9 Å². The maximum atomic E-state index is 6.06. The number of halogens is 1. The van der Waals surface area contributed by atoms with Crippen LogP contribution in [0.1, 0.15) is 28.9 Å². The van der Waals surface area contributed by atoms with Crippen molar-refractivity contribution in [2.75, 3.05) is 0 Å². The molecule has 0 aliphatic carbocycles. The van der Waals surface area contributed by atoms with Crippen molar-refractivity contribution in [3.8, 4) is 0 Å². The Morgan fingerprint density at radius 3 is 2.00 bits per heavy atom. The van der Waals surface area contributed by atoms with E-state index in [1.54, 1.807) is 0 Å². The summed E-state index contributed by atoms with van der Waals surface area (Å²) in [5.41, 5.74) is 4.95. The molecule has 3 aromatic carbocycles. The highest BCUT2D eigenvalue weighted by atomic mass is 35.5. The van der Waals surface area contributed by atoms with Gasteiger partial charge in [-0.2, -0.15) is 0 Å². The molecular weight excluding hydrogens is 328 g/mol. The molecule has 0 bridgehead atoms. The Labute approximate surface area is 152 Å². The summed E-state index contributed by atoms with van der Waals surface area (Å²) in [6.07, 6.45) is 0.0580. The highest BCUT2D eigenvalue weighted by Crippen LogP contribution is 2.55. The second-order valence-electron chi connectivity index (χ2n) is 6.55. The molecule has 2 nitrogen and oxygen atoms in total. The van der Waals surface area contributed by atoms with Crippen LogP contribution in [0, 0.1) is 0 Å². The van der Waals surface area contributed by atoms with Gasteiger partial charge >= 0.3 is 0 Å². The maximum absolute atomic E-state index is 6.06. The average Bonchev–Trinajstić information content (AvgIpc) is 3.28. The van der Waals surface area contributed by atoms with Crippen molar-refractivity contribution < 1.29 is 0 Å². The fourth-order valence-electron chi connectivity index (χ4n) is 3.86. The maximum Gasteiger partial charge on any atom is 0.129 e. The van der Waals surface area contributed by atoms with Gasteiger partial charge in [0.15, 0.2) is 0 Å². The van der Waals surface area contributed by atoms with E-state index in [9.17, 15) is 0 Å². The molecular formula is C22H17ClN2. The van der Waals surface area contributed by atoms with Crippen LogP contribution in [0.4, 0.5) is 0 Å². The normalized spacial score (nSPS) is 26.8. The second-order valence-corrected chi connectivity index (χ2v) is 6.99. The van der Waals surface area contributed by atoms with Gasteiger partial charge in [0.1, 0.15) is 6.17 Å². The van der Waals surface area contributed by atoms with Gasteiger partial charge < -0.3 is 0 Å². The molecule has 3 aromatic rings. The first-order chi connectivity index (χ1) is 12.3. The summed E-state index contributed by atoms with van der Waals surface area (Å²) < 4.78 is 0. The minimum atomic E-state index is 0.0580. The zero-order chi connectivity index (χ0) is 16.8. The van der Waals surface area contributed by atoms with Gasteiger partial charge in [0.25, 0.3) is 0 Å². The molecule has 0 saturated carbocycles. The molecule has 122 valence electrons. The van der Waals surface area contributed by atoms with Crippen molar-refractivity contribution >= 4 is 17.3 Å². The molecule has 0 amide bonds. The Bertz CT molecular complexity index is 919. The zero-order valence-electron chi connectivity index (χ0n) is 13.6. The van der Waals surface area contributed by atoms with Crippen molar-refractivity contribution in [2.24, 2.45) is 4.99 Å². The Hall–Kier alpha value is -2.42. The Kier molecular flexibility index (Phi) is 3.47. The minimum absolute atomic E-state index is 0.0580. The lowest BCUT2D eigenvalue weighted by Crippen LogP contribution is -2.08. The van der Waals surface area contributed by atoms with Crippen LogP contribution >= 0.6 is 11.6 Å². The molecule has 0 radical (unpaired) electrons. The molecule has 3 heteroatoms. The average molecular weight is 345 g/mol. The third kappa shape index (κ3) is 2.50.